The van der Waals surface area contributed by atoms with Crippen LogP contribution in [0.25, 0.3) is 0 Å². The van der Waals surface area contributed by atoms with Crippen LogP contribution in [0.1, 0.15) is 57.9 Å². The maximum absolute atomic E-state index is 13.4. The lowest BCUT2D eigenvalue weighted by atomic mass is 9.89. The number of carbonyl (C=O) groups excluding carboxylic acids is 2. The van der Waals surface area contributed by atoms with Gasteiger partial charge in [-0.3, -0.25) is 4.79 Å². The summed E-state index contributed by atoms with van der Waals surface area (Å²) in [6.45, 7) is 3.12. The fourth-order valence-corrected chi connectivity index (χ4v) is 2.38. The first-order chi connectivity index (χ1) is 11.9. The van der Waals surface area contributed by atoms with Gasteiger partial charge in [-0.05, 0) is 17.9 Å². The zero-order valence-electron chi connectivity index (χ0n) is 14.0. The number of hydrogen-bond acceptors (Lipinski definition) is 5. The average Bonchev–Trinajstić information content (AvgIpc) is 2.51. The molecule has 0 saturated heterocycles. The summed E-state index contributed by atoms with van der Waals surface area (Å²) in [5, 5.41) is 8.72. The molecule has 0 unspecified atom stereocenters. The Bertz CT molecular complexity index is 726. The third-order valence-electron chi connectivity index (χ3n) is 3.28. The second-order valence-corrected chi connectivity index (χ2v) is 5.64. The Morgan fingerprint density at radius 2 is 1.81 bits per heavy atom. The fourth-order valence-electron chi connectivity index (χ4n) is 2.38. The number of ketones is 1. The summed E-state index contributed by atoms with van der Waals surface area (Å²) in [6, 6.07) is 0. The molecule has 10 heteroatoms. The summed E-state index contributed by atoms with van der Waals surface area (Å²) in [6.07, 6.45) is -8.41. The number of carbonyl (C=O) groups is 2. The lowest BCUT2D eigenvalue weighted by Gasteiger charge is -2.21. The smallest absolute Gasteiger partial charge is 0.434 e. The Morgan fingerprint density at radius 1 is 1.23 bits per heavy atom. The highest BCUT2D eigenvalue weighted by atomic mass is 19.4. The molecule has 1 N–H and O–H groups in total. The Hall–Kier alpha value is -2.52. The van der Waals surface area contributed by atoms with E-state index in [1.807, 2.05) is 0 Å². The first kappa shape index (κ1) is 21.5. The highest BCUT2D eigenvalue weighted by Gasteiger charge is 2.42. The normalized spacial score (nSPS) is 12.2. The number of nitrogens with zero attached hydrogens (tertiary/aromatic N) is 1. The molecule has 1 rings (SSSR count). The van der Waals surface area contributed by atoms with Crippen molar-refractivity contribution in [2.45, 2.75) is 32.9 Å². The van der Waals surface area contributed by atoms with E-state index in [9.17, 15) is 31.5 Å². The molecule has 1 aromatic heterocycles. The Balaban J connectivity index is 4.10. The van der Waals surface area contributed by atoms with Crippen LogP contribution < -0.4 is 0 Å². The molecular formula is C16H16F5NO4. The Labute approximate surface area is 145 Å². The van der Waals surface area contributed by atoms with Crippen LogP contribution >= 0.6 is 0 Å². The largest absolute Gasteiger partial charge is 0.515 e. The zero-order chi connectivity index (χ0) is 20.2. The number of ether oxygens (including phenoxy) is 1. The average molecular weight is 381 g/mol. The van der Waals surface area contributed by atoms with E-state index >= 15 is 0 Å². The molecule has 5 nitrogen and oxygen atoms in total. The third-order valence-corrected chi connectivity index (χ3v) is 3.28. The number of rotatable bonds is 6. The van der Waals surface area contributed by atoms with Crippen LogP contribution in [0, 0.1) is 5.92 Å². The predicted molar refractivity (Wildman–Crippen MR) is 80.2 cm³/mol. The first-order valence-corrected chi connectivity index (χ1v) is 7.31. The maximum Gasteiger partial charge on any atom is 0.434 e. The van der Waals surface area contributed by atoms with Crippen molar-refractivity contribution in [3.63, 3.8) is 0 Å². The van der Waals surface area contributed by atoms with Gasteiger partial charge in [0.1, 0.15) is 5.69 Å². The molecule has 0 aliphatic heterocycles. The van der Waals surface area contributed by atoms with Crippen molar-refractivity contribution >= 4 is 11.8 Å². The van der Waals surface area contributed by atoms with Crippen molar-refractivity contribution in [2.75, 3.05) is 7.11 Å². The van der Waals surface area contributed by atoms with Gasteiger partial charge in [-0.15, -0.1) is 0 Å². The van der Waals surface area contributed by atoms with Gasteiger partial charge in [0.25, 0.3) is 6.43 Å². The van der Waals surface area contributed by atoms with Gasteiger partial charge in [0, 0.05) is 6.08 Å². The molecule has 0 aliphatic rings. The van der Waals surface area contributed by atoms with Gasteiger partial charge in [0.2, 0.25) is 0 Å². The standard InChI is InChI=1S/C16H16F5NO4/c1-7(2)6-8-10(9(24)4-5-23)13(16(19,20)21)22-12(14(17)18)11(8)15(25)26-3/h4-5,7,14,23H,6H2,1-3H3/b5-4-. The van der Waals surface area contributed by atoms with Crippen molar-refractivity contribution in [1.29, 1.82) is 0 Å². The second kappa shape index (κ2) is 8.24. The number of aliphatic hydroxyl groups is 1. The van der Waals surface area contributed by atoms with E-state index < -0.39 is 58.4 Å². The van der Waals surface area contributed by atoms with Crippen molar-refractivity contribution in [3.05, 3.63) is 40.4 Å². The maximum atomic E-state index is 13.4. The highest BCUT2D eigenvalue weighted by molar-refractivity contribution is 6.08. The van der Waals surface area contributed by atoms with Gasteiger partial charge in [0.05, 0.1) is 24.5 Å². The molecule has 0 spiro atoms. The summed E-state index contributed by atoms with van der Waals surface area (Å²) in [4.78, 5) is 27.0. The van der Waals surface area contributed by atoms with Crippen molar-refractivity contribution in [2.24, 2.45) is 5.92 Å². The van der Waals surface area contributed by atoms with Crippen LogP contribution in [0.5, 0.6) is 0 Å². The van der Waals surface area contributed by atoms with Gasteiger partial charge in [-0.2, -0.15) is 13.2 Å². The zero-order valence-corrected chi connectivity index (χ0v) is 14.0. The Morgan fingerprint density at radius 3 is 2.19 bits per heavy atom. The van der Waals surface area contributed by atoms with Crippen LogP contribution in [0.15, 0.2) is 12.3 Å². The summed E-state index contributed by atoms with van der Waals surface area (Å²) in [7, 11) is 0.865. The number of pyridine rings is 1. The van der Waals surface area contributed by atoms with Crippen LogP contribution in [-0.4, -0.2) is 29.0 Å². The molecule has 1 heterocycles. The van der Waals surface area contributed by atoms with Crippen molar-refractivity contribution in [1.82, 2.24) is 4.98 Å². The van der Waals surface area contributed by atoms with Gasteiger partial charge >= 0.3 is 12.1 Å². The number of halogens is 5. The predicted octanol–water partition coefficient (Wildman–Crippen LogP) is 4.28. The summed E-state index contributed by atoms with van der Waals surface area (Å²) in [5.74, 6) is -3.05. The van der Waals surface area contributed by atoms with Crippen LogP contribution in [0.4, 0.5) is 22.0 Å². The number of aromatic nitrogens is 1. The SMILES string of the molecule is COC(=O)c1c(C(F)F)nc(C(F)(F)F)c(C(=O)/C=C\O)c1CC(C)C. The van der Waals surface area contributed by atoms with Crippen LogP contribution in [0.3, 0.4) is 0 Å². The summed E-state index contributed by atoms with van der Waals surface area (Å²) >= 11 is 0. The molecule has 0 atom stereocenters. The molecule has 1 aromatic rings. The topological polar surface area (TPSA) is 76.5 Å². The summed E-state index contributed by atoms with van der Waals surface area (Å²) < 4.78 is 71.1. The van der Waals surface area contributed by atoms with Gasteiger partial charge in [-0.1, -0.05) is 13.8 Å². The van der Waals surface area contributed by atoms with Gasteiger partial charge < -0.3 is 9.84 Å². The van der Waals surface area contributed by atoms with E-state index in [0.29, 0.717) is 6.08 Å². The highest BCUT2D eigenvalue weighted by Crippen LogP contribution is 2.38. The number of methoxy groups -OCH3 is 1. The lowest BCUT2D eigenvalue weighted by molar-refractivity contribution is -0.141. The van der Waals surface area contributed by atoms with Crippen LogP contribution in [0.2, 0.25) is 0 Å². The van der Waals surface area contributed by atoms with Gasteiger partial charge in [-0.25, -0.2) is 18.6 Å². The van der Waals surface area contributed by atoms with Crippen LogP contribution in [-0.2, 0) is 17.3 Å². The van der Waals surface area contributed by atoms with E-state index in [4.69, 9.17) is 5.11 Å². The Kier molecular flexibility index (Phi) is 6.82. The molecule has 0 amide bonds. The molecule has 0 bridgehead atoms. The number of allylic oxidation sites excluding steroid dienone is 1. The minimum absolute atomic E-state index is 0.209. The van der Waals surface area contributed by atoms with E-state index in [1.54, 1.807) is 13.8 Å². The summed E-state index contributed by atoms with van der Waals surface area (Å²) in [5.41, 5.74) is -5.75. The number of esters is 1. The van der Waals surface area contributed by atoms with Crippen molar-refractivity contribution in [3.8, 4) is 0 Å². The number of alkyl halides is 5. The number of hydrogen-bond donors (Lipinski definition) is 1. The molecule has 0 aromatic carbocycles. The minimum Gasteiger partial charge on any atom is -0.515 e. The molecule has 26 heavy (non-hydrogen) atoms. The van der Waals surface area contributed by atoms with E-state index in [2.05, 4.69) is 9.72 Å². The molecule has 144 valence electrons. The molecular weight excluding hydrogens is 365 g/mol. The monoisotopic (exact) mass is 381 g/mol. The minimum atomic E-state index is -5.24. The quantitative estimate of drug-likeness (QED) is 0.262. The van der Waals surface area contributed by atoms with Gasteiger partial charge in [0.15, 0.2) is 11.5 Å². The second-order valence-electron chi connectivity index (χ2n) is 5.64. The number of aliphatic hydroxyl groups excluding tert-OH is 1. The molecule has 0 fully saturated rings. The molecule has 0 radical (unpaired) electrons. The molecule has 0 aliphatic carbocycles. The molecule has 0 saturated carbocycles. The van der Waals surface area contributed by atoms with E-state index in [0.717, 1.165) is 7.11 Å². The lowest BCUT2D eigenvalue weighted by Crippen LogP contribution is -2.24. The van der Waals surface area contributed by atoms with E-state index in [-0.39, 0.29) is 12.7 Å². The fraction of sp³-hybridized carbons (Fsp3) is 0.438. The first-order valence-electron chi connectivity index (χ1n) is 7.31. The van der Waals surface area contributed by atoms with Crippen molar-refractivity contribution < 1.29 is 41.4 Å². The van der Waals surface area contributed by atoms with E-state index in [1.165, 1.54) is 0 Å². The third kappa shape index (κ3) is 4.55.